The Bertz CT molecular complexity index is 296. The molecule has 1 heterocycles. The third-order valence-electron chi connectivity index (χ3n) is 3.19. The van der Waals surface area contributed by atoms with Crippen LogP contribution in [0.1, 0.15) is 31.7 Å². The highest BCUT2D eigenvalue weighted by Gasteiger charge is 2.01. The van der Waals surface area contributed by atoms with Crippen LogP contribution in [0.4, 0.5) is 0 Å². The van der Waals surface area contributed by atoms with Gasteiger partial charge in [0.15, 0.2) is 0 Å². The van der Waals surface area contributed by atoms with Gasteiger partial charge >= 0.3 is 0 Å². The largest absolute Gasteiger partial charge is 0.311 e. The van der Waals surface area contributed by atoms with Gasteiger partial charge in [-0.15, -0.1) is 0 Å². The van der Waals surface area contributed by atoms with Crippen molar-refractivity contribution >= 4 is 0 Å². The average molecular weight is 238 g/mol. The van der Waals surface area contributed by atoms with Gasteiger partial charge in [0.05, 0.1) is 5.69 Å². The smallest absolute Gasteiger partial charge is 0.0765 e. The van der Waals surface area contributed by atoms with Gasteiger partial charge in [0.25, 0.3) is 0 Å². The van der Waals surface area contributed by atoms with E-state index in [-0.39, 0.29) is 0 Å². The predicted molar refractivity (Wildman–Crippen MR) is 72.1 cm³/mol. The van der Waals surface area contributed by atoms with Crippen molar-refractivity contribution in [1.29, 1.82) is 0 Å². The van der Waals surface area contributed by atoms with Crippen LogP contribution < -0.4 is 5.32 Å². The van der Waals surface area contributed by atoms with Crippen molar-refractivity contribution in [3.05, 3.63) is 17.5 Å². The maximum Gasteiger partial charge on any atom is 0.0765 e. The van der Waals surface area contributed by atoms with Crippen LogP contribution in [0, 0.1) is 6.92 Å². The molecule has 98 valence electrons. The molecular formula is C13H26N4. The second kappa shape index (κ2) is 7.45. The Hall–Kier alpha value is -0.870. The number of nitrogens with one attached hydrogen (secondary N) is 1. The van der Waals surface area contributed by atoms with Gasteiger partial charge < -0.3 is 10.2 Å². The molecule has 0 atom stereocenters. The van der Waals surface area contributed by atoms with Crippen molar-refractivity contribution in [2.75, 3.05) is 26.2 Å². The number of rotatable bonds is 8. The third kappa shape index (κ3) is 4.88. The van der Waals surface area contributed by atoms with Crippen LogP contribution >= 0.6 is 0 Å². The van der Waals surface area contributed by atoms with Crippen LogP contribution in [-0.2, 0) is 13.6 Å². The summed E-state index contributed by atoms with van der Waals surface area (Å²) in [6.07, 6.45) is 1.20. The van der Waals surface area contributed by atoms with Crippen LogP contribution in [0.3, 0.4) is 0 Å². The van der Waals surface area contributed by atoms with E-state index in [1.54, 1.807) is 0 Å². The highest BCUT2D eigenvalue weighted by atomic mass is 15.3. The molecular weight excluding hydrogens is 212 g/mol. The van der Waals surface area contributed by atoms with E-state index in [1.807, 2.05) is 11.7 Å². The molecule has 1 rings (SSSR count). The molecule has 0 amide bonds. The molecule has 1 aromatic rings. The molecule has 0 unspecified atom stereocenters. The summed E-state index contributed by atoms with van der Waals surface area (Å²) in [6.45, 7) is 11.9. The Balaban J connectivity index is 2.12. The fourth-order valence-corrected chi connectivity index (χ4v) is 1.91. The summed E-state index contributed by atoms with van der Waals surface area (Å²) >= 11 is 0. The van der Waals surface area contributed by atoms with E-state index in [0.29, 0.717) is 0 Å². The van der Waals surface area contributed by atoms with Gasteiger partial charge in [0, 0.05) is 19.3 Å². The van der Waals surface area contributed by atoms with Crippen LogP contribution in [0.5, 0.6) is 0 Å². The molecule has 0 saturated heterocycles. The Morgan fingerprint density at radius 1 is 1.35 bits per heavy atom. The summed E-state index contributed by atoms with van der Waals surface area (Å²) < 4.78 is 1.92. The predicted octanol–water partition coefficient (Wildman–Crippen LogP) is 1.55. The molecule has 17 heavy (non-hydrogen) atoms. The Labute approximate surface area is 105 Å². The molecule has 1 N–H and O–H groups in total. The fourth-order valence-electron chi connectivity index (χ4n) is 1.91. The summed E-state index contributed by atoms with van der Waals surface area (Å²) in [4.78, 5) is 2.45. The van der Waals surface area contributed by atoms with E-state index in [1.165, 1.54) is 18.7 Å². The first-order chi connectivity index (χ1) is 8.17. The molecule has 0 aliphatic rings. The molecule has 0 aromatic carbocycles. The van der Waals surface area contributed by atoms with Crippen molar-refractivity contribution in [2.24, 2.45) is 7.05 Å². The van der Waals surface area contributed by atoms with Gasteiger partial charge in [0.2, 0.25) is 0 Å². The number of aromatic nitrogens is 2. The highest BCUT2D eigenvalue weighted by Crippen LogP contribution is 2.00. The molecule has 0 bridgehead atoms. The SMILES string of the molecule is CCN(CC)CCCNCc1cc(C)n(C)n1. The van der Waals surface area contributed by atoms with Crippen LogP contribution in [0.2, 0.25) is 0 Å². The van der Waals surface area contributed by atoms with Crippen LogP contribution in [-0.4, -0.2) is 40.9 Å². The molecule has 4 nitrogen and oxygen atoms in total. The van der Waals surface area contributed by atoms with Gasteiger partial charge in [-0.1, -0.05) is 13.8 Å². The quantitative estimate of drug-likeness (QED) is 0.698. The van der Waals surface area contributed by atoms with E-state index in [4.69, 9.17) is 0 Å². The van der Waals surface area contributed by atoms with Crippen LogP contribution in [0.25, 0.3) is 0 Å². The second-order valence-electron chi connectivity index (χ2n) is 4.46. The Morgan fingerprint density at radius 3 is 2.59 bits per heavy atom. The van der Waals surface area contributed by atoms with E-state index < -0.39 is 0 Å². The van der Waals surface area contributed by atoms with Gasteiger partial charge in [-0.2, -0.15) is 5.10 Å². The number of aryl methyl sites for hydroxylation is 2. The lowest BCUT2D eigenvalue weighted by molar-refractivity contribution is 0.298. The van der Waals surface area contributed by atoms with Gasteiger partial charge in [0.1, 0.15) is 0 Å². The normalized spacial score (nSPS) is 11.4. The van der Waals surface area contributed by atoms with Gasteiger partial charge in [-0.3, -0.25) is 4.68 Å². The molecule has 0 spiro atoms. The molecule has 4 heteroatoms. The molecule has 0 radical (unpaired) electrons. The lowest BCUT2D eigenvalue weighted by Crippen LogP contribution is -2.27. The first kappa shape index (κ1) is 14.2. The van der Waals surface area contributed by atoms with E-state index in [2.05, 4.69) is 42.2 Å². The van der Waals surface area contributed by atoms with Gasteiger partial charge in [-0.05, 0) is 45.6 Å². The highest BCUT2D eigenvalue weighted by molar-refractivity contribution is 5.07. The summed E-state index contributed by atoms with van der Waals surface area (Å²) in [7, 11) is 1.99. The summed E-state index contributed by atoms with van der Waals surface area (Å²) in [5.74, 6) is 0. The van der Waals surface area contributed by atoms with Crippen LogP contribution in [0.15, 0.2) is 6.07 Å². The molecule has 1 aromatic heterocycles. The number of hydrogen-bond donors (Lipinski definition) is 1. The zero-order chi connectivity index (χ0) is 12.7. The van der Waals surface area contributed by atoms with Gasteiger partial charge in [-0.25, -0.2) is 0 Å². The maximum absolute atomic E-state index is 4.42. The monoisotopic (exact) mass is 238 g/mol. The first-order valence-corrected chi connectivity index (χ1v) is 6.60. The van der Waals surface area contributed by atoms with E-state index in [9.17, 15) is 0 Å². The number of nitrogens with zero attached hydrogens (tertiary/aromatic N) is 3. The summed E-state index contributed by atoms with van der Waals surface area (Å²) in [6, 6.07) is 2.14. The molecule has 0 aliphatic heterocycles. The molecule has 0 fully saturated rings. The van der Waals surface area contributed by atoms with Crippen molar-refractivity contribution in [2.45, 2.75) is 33.7 Å². The Kier molecular flexibility index (Phi) is 6.22. The van der Waals surface area contributed by atoms with E-state index >= 15 is 0 Å². The Morgan fingerprint density at radius 2 is 2.06 bits per heavy atom. The number of hydrogen-bond acceptors (Lipinski definition) is 3. The minimum absolute atomic E-state index is 0.875. The topological polar surface area (TPSA) is 33.1 Å². The standard InChI is InChI=1S/C13H26N4/c1-5-17(6-2)9-7-8-14-11-13-10-12(3)16(4)15-13/h10,14H,5-9,11H2,1-4H3. The summed E-state index contributed by atoms with van der Waals surface area (Å²) in [5, 5.41) is 7.86. The van der Waals surface area contributed by atoms with E-state index in [0.717, 1.165) is 31.9 Å². The zero-order valence-electron chi connectivity index (χ0n) is 11.7. The lowest BCUT2D eigenvalue weighted by Gasteiger charge is -2.17. The third-order valence-corrected chi connectivity index (χ3v) is 3.19. The molecule has 0 aliphatic carbocycles. The zero-order valence-corrected chi connectivity index (χ0v) is 11.7. The second-order valence-corrected chi connectivity index (χ2v) is 4.46. The fraction of sp³-hybridized carbons (Fsp3) is 0.769. The lowest BCUT2D eigenvalue weighted by atomic mass is 10.3. The first-order valence-electron chi connectivity index (χ1n) is 6.60. The van der Waals surface area contributed by atoms with Crippen molar-refractivity contribution in [3.63, 3.8) is 0 Å². The van der Waals surface area contributed by atoms with Crippen molar-refractivity contribution in [3.8, 4) is 0 Å². The minimum atomic E-state index is 0.875. The van der Waals surface area contributed by atoms with Crippen molar-refractivity contribution < 1.29 is 0 Å². The average Bonchev–Trinajstić information content (AvgIpc) is 2.63. The maximum atomic E-state index is 4.42. The minimum Gasteiger partial charge on any atom is -0.311 e. The molecule has 0 saturated carbocycles. The van der Waals surface area contributed by atoms with Crippen molar-refractivity contribution in [1.82, 2.24) is 20.0 Å². The summed E-state index contributed by atoms with van der Waals surface area (Å²) in [5.41, 5.74) is 2.35.